The van der Waals surface area contributed by atoms with Crippen molar-refractivity contribution in [2.45, 2.75) is 0 Å². The average molecular weight is 1660 g/mol. The lowest BCUT2D eigenvalue weighted by molar-refractivity contribution is 1.07. The fourth-order valence-corrected chi connectivity index (χ4v) is 16.3. The molecule has 0 aliphatic heterocycles. The number of para-hydroxylation sites is 3. The number of hydrogen-bond acceptors (Lipinski definition) is 7. The van der Waals surface area contributed by atoms with E-state index in [4.69, 9.17) is 24.9 Å². The van der Waals surface area contributed by atoms with Crippen molar-refractivity contribution in [3.8, 4) is 119 Å². The summed E-state index contributed by atoms with van der Waals surface area (Å²) < 4.78 is 10.2. The summed E-state index contributed by atoms with van der Waals surface area (Å²) in [7, 11) is 0. The average Bonchev–Trinajstić information content (AvgIpc) is 1.59. The zero-order chi connectivity index (χ0) is 76.4. The van der Waals surface area contributed by atoms with Crippen LogP contribution in [-0.2, 0) is 0 Å². The van der Waals surface area contributed by atoms with Gasteiger partial charge in [0, 0.05) is 120 Å². The highest BCUT2D eigenvalue weighted by Gasteiger charge is 2.20. The third kappa shape index (κ3) is 14.2. The Morgan fingerprint density at radius 2 is 0.456 bits per heavy atom. The molecule has 7 aromatic heterocycles. The van der Waals surface area contributed by atoms with Crippen molar-refractivity contribution < 1.29 is 0 Å². The van der Waals surface area contributed by atoms with E-state index in [2.05, 4.69) is 320 Å². The number of rotatable bonds is 12. The Balaban J connectivity index is 0.000000115. The van der Waals surface area contributed by atoms with Crippen molar-refractivity contribution in [3.63, 3.8) is 0 Å². The largest absolute Gasteiger partial charge is 0.309 e. The van der Waals surface area contributed by atoms with Crippen LogP contribution in [0, 0.1) is 0 Å². The second-order valence-electron chi connectivity index (χ2n) is 27.6. The zero-order valence-electron chi connectivity index (χ0n) is 61.1. The Hall–Kier alpha value is -13.7. The standard InChI is InChI=1S/2C34H22BrN3.C33H21BrN4/c35-26-17-20-33-29(21-26)28-13-7-8-14-32(28)38(33)27-18-15-25(16-19-27)34-36-30(23-9-3-1-4-10-23)22-31(37-34)24-11-5-2-6-12-24;35-27-13-16-34-30(22-27)29-7-1-2-10-33(29)38(34)28-14-11-23(12-15-28)24-19-25(31-8-3-5-17-36-31)21-26(20-24)32-9-4-6-18-37-32;34-25-17-20-30-28(21-25)27-13-7-8-14-29(27)38(30)26-18-15-24(16-19-26)33-36-31(22-9-3-1-4-10-22)35-32(37-33)23-11-5-2-6-12-23/h2*1-22H;1-21H. The Kier molecular flexibility index (Phi) is 19.4. The van der Waals surface area contributed by atoms with Gasteiger partial charge in [0.05, 0.1) is 55.9 Å². The number of nitrogens with zero attached hydrogens (tertiary/aromatic N) is 10. The fourth-order valence-electron chi connectivity index (χ4n) is 15.2. The van der Waals surface area contributed by atoms with Crippen LogP contribution in [0.5, 0.6) is 0 Å². The molecule has 0 saturated heterocycles. The van der Waals surface area contributed by atoms with Gasteiger partial charge >= 0.3 is 0 Å². The molecule has 10 nitrogen and oxygen atoms in total. The highest BCUT2D eigenvalue weighted by Crippen LogP contribution is 2.40. The molecule has 0 atom stereocenters. The van der Waals surface area contributed by atoms with Gasteiger partial charge in [0.25, 0.3) is 0 Å². The molecule has 0 N–H and O–H groups in total. The topological polar surface area (TPSA) is 105 Å². The molecule has 0 unspecified atom stereocenters. The van der Waals surface area contributed by atoms with E-state index in [1.54, 1.807) is 0 Å². The van der Waals surface area contributed by atoms with Crippen molar-refractivity contribution in [3.05, 3.63) is 408 Å². The Morgan fingerprint density at radius 3 is 0.798 bits per heavy atom. The van der Waals surface area contributed by atoms with Gasteiger partial charge in [-0.1, -0.05) is 248 Å². The zero-order valence-corrected chi connectivity index (χ0v) is 65.9. The maximum atomic E-state index is 4.98. The Morgan fingerprint density at radius 1 is 0.175 bits per heavy atom. The van der Waals surface area contributed by atoms with Gasteiger partial charge in [0.1, 0.15) is 0 Å². The molecule has 0 saturated carbocycles. The molecule has 7 heterocycles. The van der Waals surface area contributed by atoms with E-state index in [0.717, 1.165) is 109 Å². The van der Waals surface area contributed by atoms with E-state index in [-0.39, 0.29) is 0 Å². The van der Waals surface area contributed by atoms with E-state index in [9.17, 15) is 0 Å². The molecule has 114 heavy (non-hydrogen) atoms. The van der Waals surface area contributed by atoms with Crippen LogP contribution in [0.3, 0.4) is 0 Å². The van der Waals surface area contributed by atoms with Gasteiger partial charge in [-0.05, 0) is 193 Å². The second kappa shape index (κ2) is 31.2. The number of pyridine rings is 2. The van der Waals surface area contributed by atoms with Crippen molar-refractivity contribution in [1.82, 2.24) is 48.6 Å². The first kappa shape index (κ1) is 70.7. The number of halogens is 3. The summed E-state index contributed by atoms with van der Waals surface area (Å²) >= 11 is 10.9. The van der Waals surface area contributed by atoms with Crippen LogP contribution in [0.2, 0.25) is 0 Å². The Labute approximate surface area is 683 Å². The molecule has 0 spiro atoms. The third-order valence-corrected chi connectivity index (χ3v) is 22.0. The molecular formula is C101H65Br3N10. The number of benzene rings is 14. The van der Waals surface area contributed by atoms with Gasteiger partial charge in [-0.3, -0.25) is 9.97 Å². The molecule has 0 amide bonds. The third-order valence-electron chi connectivity index (χ3n) is 20.5. The van der Waals surface area contributed by atoms with E-state index < -0.39 is 0 Å². The van der Waals surface area contributed by atoms with Crippen molar-refractivity contribution in [1.29, 1.82) is 0 Å². The molecule has 13 heteroatoms. The maximum absolute atomic E-state index is 4.98. The monoisotopic (exact) mass is 1650 g/mol. The fraction of sp³-hybridized carbons (Fsp3) is 0. The summed E-state index contributed by atoms with van der Waals surface area (Å²) in [6.45, 7) is 0. The quantitative estimate of drug-likeness (QED) is 0.120. The molecule has 540 valence electrons. The Bertz CT molecular complexity index is 6230. The lowest BCUT2D eigenvalue weighted by atomic mass is 9.96. The number of aromatic nitrogens is 10. The van der Waals surface area contributed by atoms with Gasteiger partial charge in [-0.15, -0.1) is 0 Å². The summed E-state index contributed by atoms with van der Waals surface area (Å²) in [6.07, 6.45) is 3.67. The maximum Gasteiger partial charge on any atom is 0.164 e. The summed E-state index contributed by atoms with van der Waals surface area (Å²) in [6, 6.07) is 132. The molecule has 0 radical (unpaired) electrons. The lowest BCUT2D eigenvalue weighted by Crippen LogP contribution is -2.00. The first-order valence-corrected chi connectivity index (χ1v) is 39.8. The van der Waals surface area contributed by atoms with Crippen molar-refractivity contribution in [2.75, 3.05) is 0 Å². The van der Waals surface area contributed by atoms with Crippen LogP contribution >= 0.6 is 47.8 Å². The normalized spacial score (nSPS) is 11.3. The highest BCUT2D eigenvalue weighted by molar-refractivity contribution is 9.11. The van der Waals surface area contributed by atoms with E-state index in [0.29, 0.717) is 23.3 Å². The highest BCUT2D eigenvalue weighted by atomic mass is 79.9. The SMILES string of the molecule is Brc1ccc2c(c1)c1ccccc1n2-c1ccc(-c2cc(-c3ccccn3)cc(-c3ccccn3)c2)cc1.Brc1ccc2c(c1)c1ccccc1n2-c1ccc(-c2nc(-c3ccccc3)cc(-c3ccccc3)n2)cc1.Brc1ccc2c(c1)c1ccccc1n2-c1ccc(-c2nc(-c3ccccc3)nc(-c3ccccc3)n2)cc1. The van der Waals surface area contributed by atoms with Crippen LogP contribution in [0.4, 0.5) is 0 Å². The minimum absolute atomic E-state index is 0.649. The van der Waals surface area contributed by atoms with Gasteiger partial charge < -0.3 is 13.7 Å². The van der Waals surface area contributed by atoms with Crippen LogP contribution in [0.15, 0.2) is 408 Å². The van der Waals surface area contributed by atoms with Gasteiger partial charge in [0.2, 0.25) is 0 Å². The van der Waals surface area contributed by atoms with Crippen molar-refractivity contribution in [2.24, 2.45) is 0 Å². The molecule has 0 bridgehead atoms. The summed E-state index contributed by atoms with van der Waals surface area (Å²) in [5.41, 5.74) is 24.5. The predicted molar refractivity (Wildman–Crippen MR) is 479 cm³/mol. The van der Waals surface area contributed by atoms with Crippen LogP contribution in [0.1, 0.15) is 0 Å². The first-order valence-electron chi connectivity index (χ1n) is 37.5. The number of fused-ring (bicyclic) bond motifs is 9. The van der Waals surface area contributed by atoms with E-state index in [1.807, 2.05) is 146 Å². The van der Waals surface area contributed by atoms with Crippen molar-refractivity contribution >= 4 is 113 Å². The van der Waals surface area contributed by atoms with Gasteiger partial charge in [0.15, 0.2) is 23.3 Å². The van der Waals surface area contributed by atoms with E-state index >= 15 is 0 Å². The van der Waals surface area contributed by atoms with Crippen LogP contribution in [-0.4, -0.2) is 48.6 Å². The molecule has 14 aromatic carbocycles. The first-order chi connectivity index (χ1) is 56.2. The molecule has 0 aliphatic carbocycles. The lowest BCUT2D eigenvalue weighted by Gasteiger charge is -2.12. The molecule has 21 rings (SSSR count). The number of hydrogen-bond donors (Lipinski definition) is 0. The molecule has 21 aromatic rings. The molecular weight excluding hydrogens is 1590 g/mol. The predicted octanol–water partition coefficient (Wildman–Crippen LogP) is 27.4. The summed E-state index contributed by atoms with van der Waals surface area (Å²) in [5, 5.41) is 7.39. The minimum atomic E-state index is 0.649. The smallest absolute Gasteiger partial charge is 0.164 e. The molecule has 0 aliphatic rings. The molecule has 0 fully saturated rings. The summed E-state index contributed by atoms with van der Waals surface area (Å²) in [5.74, 6) is 2.68. The van der Waals surface area contributed by atoms with Gasteiger partial charge in [-0.25, -0.2) is 24.9 Å². The van der Waals surface area contributed by atoms with E-state index in [1.165, 1.54) is 65.4 Å². The minimum Gasteiger partial charge on any atom is -0.309 e. The summed E-state index contributed by atoms with van der Waals surface area (Å²) in [4.78, 5) is 33.7. The second-order valence-corrected chi connectivity index (χ2v) is 30.4. The van der Waals surface area contributed by atoms with Crippen LogP contribution < -0.4 is 0 Å². The van der Waals surface area contributed by atoms with Gasteiger partial charge in [-0.2, -0.15) is 0 Å². The van der Waals surface area contributed by atoms with Crippen LogP contribution in [0.25, 0.3) is 184 Å².